The molecule has 0 aliphatic heterocycles. The van der Waals surface area contributed by atoms with Gasteiger partial charge in [-0.15, -0.1) is 0 Å². The van der Waals surface area contributed by atoms with Crippen molar-refractivity contribution < 1.29 is 16.8 Å². The monoisotopic (exact) mass is 492 g/mol. The minimum absolute atomic E-state index is 0.142. The molecule has 0 bridgehead atoms. The topological polar surface area (TPSA) is 68.3 Å². The highest BCUT2D eigenvalue weighted by molar-refractivity contribution is 7.91. The zero-order valence-electron chi connectivity index (χ0n) is 19.4. The van der Waals surface area contributed by atoms with Gasteiger partial charge in [-0.3, -0.25) is 0 Å². The summed E-state index contributed by atoms with van der Waals surface area (Å²) in [6.45, 7) is 4.10. The summed E-state index contributed by atoms with van der Waals surface area (Å²) in [4.78, 5) is 0.294. The average molecular weight is 493 g/mol. The van der Waals surface area contributed by atoms with Crippen LogP contribution in [0.1, 0.15) is 36.1 Å². The minimum atomic E-state index is -3.68. The van der Waals surface area contributed by atoms with E-state index in [9.17, 15) is 16.8 Å². The number of sulfone groups is 2. The molecule has 0 unspecified atom stereocenters. The van der Waals surface area contributed by atoms with Gasteiger partial charge in [-0.05, 0) is 47.2 Å². The third-order valence-electron chi connectivity index (χ3n) is 6.09. The summed E-state index contributed by atoms with van der Waals surface area (Å²) in [6.07, 6.45) is 1.77. The second kappa shape index (κ2) is 9.72. The van der Waals surface area contributed by atoms with Crippen LogP contribution in [-0.2, 0) is 44.0 Å². The highest BCUT2D eigenvalue weighted by atomic mass is 32.2. The Morgan fingerprint density at radius 2 is 0.794 bits per heavy atom. The van der Waals surface area contributed by atoms with Crippen LogP contribution in [0.4, 0.5) is 0 Å². The van der Waals surface area contributed by atoms with Crippen molar-refractivity contribution in [2.45, 2.75) is 48.0 Å². The van der Waals surface area contributed by atoms with Crippen LogP contribution < -0.4 is 0 Å². The second-order valence-electron chi connectivity index (χ2n) is 8.47. The summed E-state index contributed by atoms with van der Waals surface area (Å²) in [7, 11) is -7.37. The van der Waals surface area contributed by atoms with Crippen molar-refractivity contribution in [3.05, 3.63) is 107 Å². The van der Waals surface area contributed by atoms with Gasteiger partial charge < -0.3 is 0 Å². The number of benzene rings is 4. The molecule has 4 nitrogen and oxygen atoms in total. The Morgan fingerprint density at radius 3 is 1.12 bits per heavy atom. The van der Waals surface area contributed by atoms with Crippen LogP contribution in [0.3, 0.4) is 0 Å². The summed E-state index contributed by atoms with van der Waals surface area (Å²) in [5.74, 6) is -0.284. The fraction of sp³-hybridized carbons (Fsp3) is 0.214. The second-order valence-corrected chi connectivity index (χ2v) is 12.4. The van der Waals surface area contributed by atoms with Gasteiger partial charge in [0.05, 0.1) is 21.3 Å². The molecule has 0 aliphatic carbocycles. The van der Waals surface area contributed by atoms with E-state index in [1.807, 2.05) is 62.4 Å². The maximum atomic E-state index is 13.3. The lowest BCUT2D eigenvalue weighted by atomic mass is 10.1. The third kappa shape index (κ3) is 5.08. The van der Waals surface area contributed by atoms with Gasteiger partial charge in [0.25, 0.3) is 0 Å². The minimum Gasteiger partial charge on any atom is -0.223 e. The maximum absolute atomic E-state index is 13.3. The number of fused-ring (bicyclic) bond motifs is 1. The lowest BCUT2D eigenvalue weighted by molar-refractivity contribution is 0.593. The van der Waals surface area contributed by atoms with Gasteiger partial charge in [0.1, 0.15) is 0 Å². The molecule has 176 valence electrons. The zero-order chi connectivity index (χ0) is 24.3. The summed E-state index contributed by atoms with van der Waals surface area (Å²) in [5, 5.41) is 0.852. The van der Waals surface area contributed by atoms with Gasteiger partial charge >= 0.3 is 0 Å². The third-order valence-corrected chi connectivity index (χ3v) is 9.57. The highest BCUT2D eigenvalue weighted by Crippen LogP contribution is 2.31. The van der Waals surface area contributed by atoms with E-state index >= 15 is 0 Å². The first-order valence-corrected chi connectivity index (χ1v) is 14.7. The van der Waals surface area contributed by atoms with E-state index in [4.69, 9.17) is 0 Å². The van der Waals surface area contributed by atoms with E-state index in [1.54, 1.807) is 36.4 Å². The van der Waals surface area contributed by atoms with Crippen molar-refractivity contribution in [2.75, 3.05) is 0 Å². The fourth-order valence-electron chi connectivity index (χ4n) is 4.13. The van der Waals surface area contributed by atoms with E-state index in [0.717, 1.165) is 24.0 Å². The molecule has 4 aromatic rings. The molecule has 0 atom stereocenters. The number of aryl methyl sites for hydroxylation is 2. The van der Waals surface area contributed by atoms with Gasteiger partial charge in [0.2, 0.25) is 0 Å². The molecule has 0 N–H and O–H groups in total. The van der Waals surface area contributed by atoms with E-state index in [0.29, 0.717) is 21.9 Å². The quantitative estimate of drug-likeness (QED) is 0.307. The first-order valence-electron chi connectivity index (χ1n) is 11.4. The largest absolute Gasteiger partial charge is 0.223 e. The number of rotatable bonds is 8. The van der Waals surface area contributed by atoms with Crippen molar-refractivity contribution >= 4 is 30.4 Å². The molecule has 4 aromatic carbocycles. The number of hydrogen-bond acceptors (Lipinski definition) is 4. The summed E-state index contributed by atoms with van der Waals surface area (Å²) >= 11 is 0. The highest BCUT2D eigenvalue weighted by Gasteiger charge is 2.23. The fourth-order valence-corrected chi connectivity index (χ4v) is 7.30. The lowest BCUT2D eigenvalue weighted by Gasteiger charge is -2.12. The molecule has 0 heterocycles. The predicted molar refractivity (Wildman–Crippen MR) is 137 cm³/mol. The first-order chi connectivity index (χ1) is 16.2. The standard InChI is InChI=1S/C28H28O4S2/c1-3-21-11-15-23(16-12-21)19-33(29,30)27-9-5-8-26-25(27)7-6-10-28(26)34(31,32)20-24-17-13-22(4-2)14-18-24/h5-18H,3-4,19-20H2,1-2H3. The van der Waals surface area contributed by atoms with Crippen LogP contribution in [0.5, 0.6) is 0 Å². The van der Waals surface area contributed by atoms with Crippen LogP contribution in [0.2, 0.25) is 0 Å². The summed E-state index contributed by atoms with van der Waals surface area (Å²) in [5.41, 5.74) is 3.69. The summed E-state index contributed by atoms with van der Waals surface area (Å²) in [6, 6.07) is 24.8. The van der Waals surface area contributed by atoms with E-state index in [2.05, 4.69) is 0 Å². The van der Waals surface area contributed by atoms with Gasteiger partial charge in [0, 0.05) is 10.8 Å². The average Bonchev–Trinajstić information content (AvgIpc) is 2.83. The van der Waals surface area contributed by atoms with Crippen LogP contribution in [0, 0.1) is 0 Å². The molecule has 0 saturated carbocycles. The van der Waals surface area contributed by atoms with Crippen molar-refractivity contribution in [3.8, 4) is 0 Å². The van der Waals surface area contributed by atoms with Crippen LogP contribution in [-0.4, -0.2) is 16.8 Å². The molecule has 0 amide bonds. The first kappa shape index (κ1) is 24.2. The molecular formula is C28H28O4S2. The Morgan fingerprint density at radius 1 is 0.471 bits per heavy atom. The Labute approximate surface area is 202 Å². The van der Waals surface area contributed by atoms with E-state index < -0.39 is 19.7 Å². The van der Waals surface area contributed by atoms with Crippen LogP contribution in [0.15, 0.2) is 94.7 Å². The Hall–Kier alpha value is -2.96. The van der Waals surface area contributed by atoms with E-state index in [-0.39, 0.29) is 21.3 Å². The summed E-state index contributed by atoms with van der Waals surface area (Å²) < 4.78 is 53.3. The van der Waals surface area contributed by atoms with Gasteiger partial charge in [0.15, 0.2) is 19.7 Å². The lowest BCUT2D eigenvalue weighted by Crippen LogP contribution is -2.08. The van der Waals surface area contributed by atoms with Crippen LogP contribution in [0.25, 0.3) is 10.8 Å². The van der Waals surface area contributed by atoms with Crippen molar-refractivity contribution in [1.82, 2.24) is 0 Å². The number of hydrogen-bond donors (Lipinski definition) is 0. The normalized spacial score (nSPS) is 12.2. The van der Waals surface area contributed by atoms with Gasteiger partial charge in [-0.25, -0.2) is 16.8 Å². The molecule has 0 fully saturated rings. The molecule has 0 radical (unpaired) electrons. The smallest absolute Gasteiger partial charge is 0.183 e. The molecule has 4 rings (SSSR count). The predicted octanol–water partition coefficient (Wildman–Crippen LogP) is 5.91. The molecule has 0 saturated heterocycles. The van der Waals surface area contributed by atoms with Crippen LogP contribution >= 0.6 is 0 Å². The zero-order valence-corrected chi connectivity index (χ0v) is 21.0. The molecule has 6 heteroatoms. The van der Waals surface area contributed by atoms with Crippen molar-refractivity contribution in [3.63, 3.8) is 0 Å². The van der Waals surface area contributed by atoms with Crippen molar-refractivity contribution in [2.24, 2.45) is 0 Å². The molecule has 0 aliphatic rings. The van der Waals surface area contributed by atoms with Gasteiger partial charge in [-0.1, -0.05) is 86.6 Å². The molecular weight excluding hydrogens is 464 g/mol. The maximum Gasteiger partial charge on any atom is 0.183 e. The Bertz CT molecular complexity index is 1400. The van der Waals surface area contributed by atoms with Gasteiger partial charge in [-0.2, -0.15) is 0 Å². The SMILES string of the molecule is CCc1ccc(CS(=O)(=O)c2cccc3c(S(=O)(=O)Cc4ccc(CC)cc4)cccc23)cc1. The Balaban J connectivity index is 1.72. The van der Waals surface area contributed by atoms with Crippen molar-refractivity contribution in [1.29, 1.82) is 0 Å². The van der Waals surface area contributed by atoms with E-state index in [1.165, 1.54) is 0 Å². The Kier molecular flexibility index (Phi) is 6.91. The molecule has 0 spiro atoms. The molecule has 34 heavy (non-hydrogen) atoms. The molecule has 0 aromatic heterocycles.